The predicted octanol–water partition coefficient (Wildman–Crippen LogP) is 2.26. The summed E-state index contributed by atoms with van der Waals surface area (Å²) in [4.78, 5) is 12.2. The lowest BCUT2D eigenvalue weighted by atomic mass is 9.81. The van der Waals surface area contributed by atoms with E-state index in [1.807, 2.05) is 24.3 Å². The van der Waals surface area contributed by atoms with Crippen molar-refractivity contribution in [3.05, 3.63) is 35.4 Å². The van der Waals surface area contributed by atoms with Crippen molar-refractivity contribution < 1.29 is 13.2 Å². The van der Waals surface area contributed by atoms with Crippen LogP contribution in [0.3, 0.4) is 0 Å². The zero-order valence-corrected chi connectivity index (χ0v) is 11.4. The summed E-state index contributed by atoms with van der Waals surface area (Å²) in [7, 11) is -2.97. The van der Waals surface area contributed by atoms with E-state index in [0.29, 0.717) is 6.42 Å². The number of fused-ring (bicyclic) bond motifs is 1. The molecule has 0 saturated heterocycles. The third kappa shape index (κ3) is 2.80. The summed E-state index contributed by atoms with van der Waals surface area (Å²) in [6.07, 6.45) is 2.11. The minimum Gasteiger partial charge on any atom is -0.294 e. The molecule has 18 heavy (non-hydrogen) atoms. The number of hydrogen-bond acceptors (Lipinski definition) is 3. The van der Waals surface area contributed by atoms with E-state index in [1.54, 1.807) is 6.92 Å². The molecule has 1 aliphatic carbocycles. The molecule has 98 valence electrons. The summed E-state index contributed by atoms with van der Waals surface area (Å²) < 4.78 is 23.0. The first-order chi connectivity index (χ1) is 8.53. The van der Waals surface area contributed by atoms with Crippen LogP contribution in [-0.4, -0.2) is 25.7 Å². The molecule has 3 nitrogen and oxygen atoms in total. The van der Waals surface area contributed by atoms with Crippen molar-refractivity contribution in [1.29, 1.82) is 0 Å². The number of aryl methyl sites for hydroxylation is 1. The van der Waals surface area contributed by atoms with Crippen LogP contribution in [0.15, 0.2) is 24.3 Å². The normalized spacial score (nSPS) is 19.6. The van der Waals surface area contributed by atoms with E-state index in [-0.39, 0.29) is 23.2 Å². The average Bonchev–Trinajstić information content (AvgIpc) is 2.38. The van der Waals surface area contributed by atoms with Gasteiger partial charge in [0.2, 0.25) is 0 Å². The minimum absolute atomic E-state index is 0.114. The van der Waals surface area contributed by atoms with Crippen molar-refractivity contribution in [1.82, 2.24) is 0 Å². The number of benzene rings is 1. The molecule has 0 saturated carbocycles. The Bertz CT molecular complexity index is 546. The van der Waals surface area contributed by atoms with E-state index in [9.17, 15) is 13.2 Å². The van der Waals surface area contributed by atoms with Gasteiger partial charge in [0.25, 0.3) is 0 Å². The molecule has 1 aromatic rings. The fourth-order valence-electron chi connectivity index (χ4n) is 2.40. The van der Waals surface area contributed by atoms with Crippen molar-refractivity contribution in [2.45, 2.75) is 26.2 Å². The Hall–Kier alpha value is -1.16. The minimum atomic E-state index is -2.97. The molecule has 0 aromatic heterocycles. The first-order valence-corrected chi connectivity index (χ1v) is 8.18. The van der Waals surface area contributed by atoms with Gasteiger partial charge in [-0.3, -0.25) is 4.79 Å². The van der Waals surface area contributed by atoms with Gasteiger partial charge in [0.15, 0.2) is 5.78 Å². The van der Waals surface area contributed by atoms with E-state index in [1.165, 1.54) is 0 Å². The third-order valence-corrected chi connectivity index (χ3v) is 5.37. The lowest BCUT2D eigenvalue weighted by Gasteiger charge is -2.22. The molecule has 1 aromatic carbocycles. The second-order valence-corrected chi connectivity index (χ2v) is 7.25. The fraction of sp³-hybridized carbons (Fsp3) is 0.500. The average molecular weight is 266 g/mol. The van der Waals surface area contributed by atoms with Gasteiger partial charge in [-0.15, -0.1) is 0 Å². The summed E-state index contributed by atoms with van der Waals surface area (Å²) in [6, 6.07) is 7.63. The van der Waals surface area contributed by atoms with Crippen LogP contribution in [-0.2, 0) is 16.3 Å². The monoisotopic (exact) mass is 266 g/mol. The van der Waals surface area contributed by atoms with Gasteiger partial charge < -0.3 is 0 Å². The maximum Gasteiger partial charge on any atom is 0.166 e. The van der Waals surface area contributed by atoms with Gasteiger partial charge in [0, 0.05) is 17.2 Å². The van der Waals surface area contributed by atoms with Crippen LogP contribution in [0, 0.1) is 5.92 Å². The number of rotatable bonds is 4. The zero-order chi connectivity index (χ0) is 13.2. The molecule has 1 unspecified atom stereocenters. The zero-order valence-electron chi connectivity index (χ0n) is 10.6. The maximum absolute atomic E-state index is 12.2. The molecule has 0 radical (unpaired) electrons. The van der Waals surface area contributed by atoms with E-state index in [2.05, 4.69) is 0 Å². The first kappa shape index (κ1) is 13.3. The molecule has 1 aliphatic rings. The topological polar surface area (TPSA) is 51.2 Å². The molecule has 0 bridgehead atoms. The van der Waals surface area contributed by atoms with E-state index >= 15 is 0 Å². The Morgan fingerprint density at radius 1 is 1.28 bits per heavy atom. The molecule has 2 rings (SSSR count). The first-order valence-electron chi connectivity index (χ1n) is 6.36. The van der Waals surface area contributed by atoms with Crippen LogP contribution in [0.2, 0.25) is 0 Å². The van der Waals surface area contributed by atoms with E-state index < -0.39 is 9.84 Å². The highest BCUT2D eigenvalue weighted by atomic mass is 32.2. The molecule has 0 amide bonds. The number of sulfone groups is 1. The third-order valence-electron chi connectivity index (χ3n) is 3.63. The van der Waals surface area contributed by atoms with Gasteiger partial charge in [0.1, 0.15) is 9.84 Å². The lowest BCUT2D eigenvalue weighted by Crippen LogP contribution is -2.25. The lowest BCUT2D eigenvalue weighted by molar-refractivity contribution is 0.0899. The summed E-state index contributed by atoms with van der Waals surface area (Å²) >= 11 is 0. The van der Waals surface area contributed by atoms with Gasteiger partial charge in [-0.1, -0.05) is 31.2 Å². The van der Waals surface area contributed by atoms with E-state index in [0.717, 1.165) is 24.0 Å². The molecule has 0 fully saturated rings. The molecular weight excluding hydrogens is 248 g/mol. The molecule has 4 heteroatoms. The van der Waals surface area contributed by atoms with Crippen molar-refractivity contribution in [3.8, 4) is 0 Å². The van der Waals surface area contributed by atoms with Crippen molar-refractivity contribution in [3.63, 3.8) is 0 Å². The number of ketones is 1. The number of carbonyl (C=O) groups is 1. The smallest absolute Gasteiger partial charge is 0.166 e. The predicted molar refractivity (Wildman–Crippen MR) is 71.5 cm³/mol. The summed E-state index contributed by atoms with van der Waals surface area (Å²) in [6.45, 7) is 1.65. The standard InChI is InChI=1S/C14H18O3S/c1-2-18(16,17)10-9-12-8-7-11-5-3-4-6-13(11)14(12)15/h3-6,12H,2,7-10H2,1H3. The Kier molecular flexibility index (Phi) is 3.85. The van der Waals surface area contributed by atoms with Crippen molar-refractivity contribution in [2.24, 2.45) is 5.92 Å². The van der Waals surface area contributed by atoms with Crippen LogP contribution in [0.4, 0.5) is 0 Å². The van der Waals surface area contributed by atoms with Gasteiger partial charge in [-0.25, -0.2) is 8.42 Å². The van der Waals surface area contributed by atoms with Gasteiger partial charge >= 0.3 is 0 Å². The second kappa shape index (κ2) is 5.22. The van der Waals surface area contributed by atoms with Gasteiger partial charge in [-0.05, 0) is 24.8 Å². The van der Waals surface area contributed by atoms with E-state index in [4.69, 9.17) is 0 Å². The summed E-state index contributed by atoms with van der Waals surface area (Å²) in [5.41, 5.74) is 1.87. The maximum atomic E-state index is 12.2. The Labute approximate surface area is 108 Å². The molecule has 0 N–H and O–H groups in total. The van der Waals surface area contributed by atoms with Crippen molar-refractivity contribution >= 4 is 15.6 Å². The highest BCUT2D eigenvalue weighted by molar-refractivity contribution is 7.91. The van der Waals surface area contributed by atoms with Gasteiger partial charge in [0.05, 0.1) is 5.75 Å². The molecular formula is C14H18O3S. The fourth-order valence-corrected chi connectivity index (χ4v) is 3.33. The Morgan fingerprint density at radius 2 is 2.00 bits per heavy atom. The van der Waals surface area contributed by atoms with Crippen LogP contribution < -0.4 is 0 Å². The van der Waals surface area contributed by atoms with Crippen LogP contribution >= 0.6 is 0 Å². The van der Waals surface area contributed by atoms with Crippen LogP contribution in [0.5, 0.6) is 0 Å². The highest BCUT2D eigenvalue weighted by Gasteiger charge is 2.27. The quantitative estimate of drug-likeness (QED) is 0.840. The summed E-state index contributed by atoms with van der Waals surface area (Å²) in [5.74, 6) is 0.274. The molecule has 0 aliphatic heterocycles. The van der Waals surface area contributed by atoms with Gasteiger partial charge in [-0.2, -0.15) is 0 Å². The van der Waals surface area contributed by atoms with Crippen LogP contribution in [0.1, 0.15) is 35.7 Å². The molecule has 0 heterocycles. The number of Topliss-reactive ketones (excluding diaryl/α,β-unsaturated/α-hetero) is 1. The number of carbonyl (C=O) groups excluding carboxylic acids is 1. The summed E-state index contributed by atoms with van der Waals surface area (Å²) in [5, 5.41) is 0. The largest absolute Gasteiger partial charge is 0.294 e. The molecule has 1 atom stereocenters. The Balaban J connectivity index is 2.08. The Morgan fingerprint density at radius 3 is 2.72 bits per heavy atom. The SMILES string of the molecule is CCS(=O)(=O)CCC1CCc2ccccc2C1=O. The van der Waals surface area contributed by atoms with Crippen LogP contribution in [0.25, 0.3) is 0 Å². The second-order valence-electron chi connectivity index (χ2n) is 4.78. The molecule has 0 spiro atoms. The number of hydrogen-bond donors (Lipinski definition) is 0. The highest BCUT2D eigenvalue weighted by Crippen LogP contribution is 2.27. The van der Waals surface area contributed by atoms with Crippen molar-refractivity contribution in [2.75, 3.05) is 11.5 Å².